The van der Waals surface area contributed by atoms with E-state index in [4.69, 9.17) is 14.5 Å². The molecular formula is C47H48N8O7. The van der Waals surface area contributed by atoms with Gasteiger partial charge in [0.25, 0.3) is 5.91 Å². The summed E-state index contributed by atoms with van der Waals surface area (Å²) in [7, 11) is 2.52. The van der Waals surface area contributed by atoms with Gasteiger partial charge in [0, 0.05) is 18.5 Å². The maximum atomic E-state index is 13.9. The number of ketones is 1. The molecule has 0 radical (unpaired) electrons. The van der Waals surface area contributed by atoms with Crippen molar-refractivity contribution in [3.63, 3.8) is 0 Å². The van der Waals surface area contributed by atoms with E-state index in [1.165, 1.54) is 19.1 Å². The molecule has 2 aromatic heterocycles. The first-order valence-electron chi connectivity index (χ1n) is 20.6. The number of aromatic nitrogens is 4. The van der Waals surface area contributed by atoms with Crippen LogP contribution < -0.4 is 10.6 Å². The minimum atomic E-state index is -1.04. The Balaban J connectivity index is 0.952. The highest BCUT2D eigenvalue weighted by atomic mass is 16.5. The van der Waals surface area contributed by atoms with Crippen LogP contribution in [0.3, 0.4) is 0 Å². The molecule has 2 aliphatic rings. The van der Waals surface area contributed by atoms with E-state index in [0.717, 1.165) is 57.3 Å². The average Bonchev–Trinajstić information content (AvgIpc) is 4.14. The topological polar surface area (TPSA) is 192 Å². The molecule has 4 N–H and O–H groups in total. The standard InChI is InChI=1S/C47H48N8O7/c1-27(2)40(52-46(59)61-3)44(57)54-20-8-11-38(54)42-48-25-37(51-42)34-19-18-32-21-31(16-17-33(32)22-34)28-12-14-29(15-13-28)36-24-49-43(50-36)39-23-35(56)26-55(39)45(58)41(53-47(60)62-4)30-9-6-5-7-10-30/h5-7,9-10,12-19,21-22,24-25,27,38-41H,8,11,20,23,26H2,1-4H3,(H,48,51)(H,49,50)(H,52,59)(H,53,60). The SMILES string of the molecule is COC(=O)NC(C(=O)N1CC(=O)CC1c1ncc(-c2ccc(-c3ccc4cc(-c5cnc(C6CCCN6C(=O)C(NC(=O)OC)C(C)C)[nH]5)ccc4c3)cc2)[nH]1)c1ccccc1. The molecule has 4 unspecified atom stereocenters. The number of aromatic amines is 2. The zero-order valence-electron chi connectivity index (χ0n) is 34.9. The molecule has 62 heavy (non-hydrogen) atoms. The summed E-state index contributed by atoms with van der Waals surface area (Å²) < 4.78 is 9.55. The minimum Gasteiger partial charge on any atom is -0.453 e. The third-order valence-corrected chi connectivity index (χ3v) is 11.7. The number of Topliss-reactive ketones (excluding diaryl/α,β-unsaturated/α-hetero) is 1. The second-order valence-corrected chi connectivity index (χ2v) is 16.0. The lowest BCUT2D eigenvalue weighted by molar-refractivity contribution is -0.136. The van der Waals surface area contributed by atoms with Crippen molar-refractivity contribution >= 4 is 40.6 Å². The Bertz CT molecular complexity index is 2620. The molecule has 6 aromatic rings. The van der Waals surface area contributed by atoms with Gasteiger partial charge in [0.2, 0.25) is 5.91 Å². The molecule has 2 saturated heterocycles. The lowest BCUT2D eigenvalue weighted by Crippen LogP contribution is -2.51. The number of benzene rings is 4. The first kappa shape index (κ1) is 41.4. The fraction of sp³-hybridized carbons (Fsp3) is 0.298. The third kappa shape index (κ3) is 8.51. The van der Waals surface area contributed by atoms with Crippen molar-refractivity contribution in [3.05, 3.63) is 121 Å². The van der Waals surface area contributed by atoms with Crippen LogP contribution in [0.4, 0.5) is 9.59 Å². The second-order valence-electron chi connectivity index (χ2n) is 16.0. The molecule has 4 heterocycles. The van der Waals surface area contributed by atoms with Crippen LogP contribution in [0.2, 0.25) is 0 Å². The fourth-order valence-electron chi connectivity index (χ4n) is 8.38. The molecule has 2 aliphatic heterocycles. The Morgan fingerprint density at radius 2 is 1.27 bits per heavy atom. The van der Waals surface area contributed by atoms with Gasteiger partial charge in [-0.25, -0.2) is 19.6 Å². The number of alkyl carbamates (subject to hydrolysis) is 2. The summed E-state index contributed by atoms with van der Waals surface area (Å²) in [4.78, 5) is 83.8. The number of methoxy groups -OCH3 is 2. The van der Waals surface area contributed by atoms with Crippen LogP contribution in [0, 0.1) is 5.92 Å². The summed E-state index contributed by atoms with van der Waals surface area (Å²) in [6.07, 6.45) is 3.82. The molecule has 15 nitrogen and oxygen atoms in total. The number of nitrogens with one attached hydrogen (secondary N) is 4. The van der Waals surface area contributed by atoms with Crippen molar-refractivity contribution in [2.75, 3.05) is 27.3 Å². The van der Waals surface area contributed by atoms with Gasteiger partial charge >= 0.3 is 12.2 Å². The van der Waals surface area contributed by atoms with Crippen molar-refractivity contribution in [1.82, 2.24) is 40.4 Å². The fourth-order valence-corrected chi connectivity index (χ4v) is 8.38. The molecule has 4 aromatic carbocycles. The number of imidazole rings is 2. The predicted octanol–water partition coefficient (Wildman–Crippen LogP) is 7.27. The highest BCUT2D eigenvalue weighted by Gasteiger charge is 2.41. The van der Waals surface area contributed by atoms with Gasteiger partial charge in [-0.3, -0.25) is 14.4 Å². The summed E-state index contributed by atoms with van der Waals surface area (Å²) in [5.41, 5.74) is 6.08. The van der Waals surface area contributed by atoms with Gasteiger partial charge in [0.15, 0.2) is 5.78 Å². The quantitative estimate of drug-likeness (QED) is 0.104. The molecule has 8 rings (SSSR count). The number of nitrogens with zero attached hydrogens (tertiary/aromatic N) is 4. The second kappa shape index (κ2) is 17.7. The van der Waals surface area contributed by atoms with Crippen molar-refractivity contribution in [3.8, 4) is 33.6 Å². The predicted molar refractivity (Wildman–Crippen MR) is 231 cm³/mol. The van der Waals surface area contributed by atoms with E-state index in [0.29, 0.717) is 23.8 Å². The first-order chi connectivity index (χ1) is 30.0. The Kier molecular flexibility index (Phi) is 11.9. The largest absolute Gasteiger partial charge is 0.453 e. The number of carbonyl (C=O) groups excluding carboxylic acids is 5. The lowest BCUT2D eigenvalue weighted by Gasteiger charge is -2.30. The van der Waals surface area contributed by atoms with Crippen molar-refractivity contribution in [2.45, 2.75) is 57.3 Å². The number of rotatable bonds is 11. The van der Waals surface area contributed by atoms with E-state index < -0.39 is 36.2 Å². The third-order valence-electron chi connectivity index (χ3n) is 11.7. The highest BCUT2D eigenvalue weighted by Crippen LogP contribution is 2.36. The Hall–Kier alpha value is -7.29. The van der Waals surface area contributed by atoms with E-state index in [1.54, 1.807) is 41.6 Å². The van der Waals surface area contributed by atoms with Gasteiger partial charge in [-0.2, -0.15) is 0 Å². The molecule has 0 saturated carbocycles. The molecule has 2 fully saturated rings. The van der Waals surface area contributed by atoms with E-state index in [1.807, 2.05) is 44.2 Å². The molecule has 0 bridgehead atoms. The van der Waals surface area contributed by atoms with Crippen LogP contribution in [-0.4, -0.2) is 92.9 Å². The zero-order chi connectivity index (χ0) is 43.5. The maximum absolute atomic E-state index is 13.9. The number of H-pyrrole nitrogens is 2. The van der Waals surface area contributed by atoms with Gasteiger partial charge in [0.05, 0.1) is 56.6 Å². The Labute approximate surface area is 358 Å². The van der Waals surface area contributed by atoms with E-state index in [9.17, 15) is 24.0 Å². The summed E-state index contributed by atoms with van der Waals surface area (Å²) >= 11 is 0. The van der Waals surface area contributed by atoms with Crippen LogP contribution in [0.25, 0.3) is 44.4 Å². The van der Waals surface area contributed by atoms with Gasteiger partial charge in [-0.05, 0) is 63.9 Å². The number of carbonyl (C=O) groups is 5. The number of hydrogen-bond donors (Lipinski definition) is 4. The Morgan fingerprint density at radius 1 is 0.694 bits per heavy atom. The number of ether oxygens (including phenoxy) is 2. The van der Waals surface area contributed by atoms with E-state index >= 15 is 0 Å². The molecule has 0 spiro atoms. The number of hydrogen-bond acceptors (Lipinski definition) is 9. The normalized spacial score (nSPS) is 17.3. The smallest absolute Gasteiger partial charge is 0.407 e. The van der Waals surface area contributed by atoms with Crippen LogP contribution in [-0.2, 0) is 23.9 Å². The van der Waals surface area contributed by atoms with Gasteiger partial charge < -0.3 is 39.9 Å². The van der Waals surface area contributed by atoms with Crippen molar-refractivity contribution in [1.29, 1.82) is 0 Å². The minimum absolute atomic E-state index is 0.0981. The summed E-state index contributed by atoms with van der Waals surface area (Å²) in [6, 6.07) is 26.9. The number of fused-ring (bicyclic) bond motifs is 1. The number of amides is 4. The maximum Gasteiger partial charge on any atom is 0.407 e. The molecule has 0 aliphatic carbocycles. The molecule has 4 amide bonds. The van der Waals surface area contributed by atoms with Crippen LogP contribution >= 0.6 is 0 Å². The van der Waals surface area contributed by atoms with Gasteiger partial charge in [-0.15, -0.1) is 0 Å². The number of likely N-dealkylation sites (tertiary alicyclic amines) is 2. The van der Waals surface area contributed by atoms with Gasteiger partial charge in [-0.1, -0.05) is 92.7 Å². The highest BCUT2D eigenvalue weighted by molar-refractivity contribution is 5.94. The van der Waals surface area contributed by atoms with E-state index in [-0.39, 0.29) is 36.6 Å². The average molecular weight is 837 g/mol. The molecular weight excluding hydrogens is 789 g/mol. The van der Waals surface area contributed by atoms with Crippen LogP contribution in [0.1, 0.15) is 68.4 Å². The van der Waals surface area contributed by atoms with Crippen LogP contribution in [0.15, 0.2) is 103 Å². The van der Waals surface area contributed by atoms with E-state index in [2.05, 4.69) is 62.0 Å². The first-order valence-corrected chi connectivity index (χ1v) is 20.6. The summed E-state index contributed by atoms with van der Waals surface area (Å²) in [6.45, 7) is 4.28. The van der Waals surface area contributed by atoms with Crippen LogP contribution in [0.5, 0.6) is 0 Å². The monoisotopic (exact) mass is 836 g/mol. The molecule has 318 valence electrons. The zero-order valence-corrected chi connectivity index (χ0v) is 34.9. The van der Waals surface area contributed by atoms with Crippen molar-refractivity contribution in [2.24, 2.45) is 5.92 Å². The summed E-state index contributed by atoms with van der Waals surface area (Å²) in [5, 5.41) is 7.45. The van der Waals surface area contributed by atoms with Gasteiger partial charge in [0.1, 0.15) is 23.7 Å². The lowest BCUT2D eigenvalue weighted by atomic mass is 9.98. The molecule has 4 atom stereocenters. The van der Waals surface area contributed by atoms with Crippen molar-refractivity contribution < 1.29 is 33.4 Å². The molecule has 15 heteroatoms. The Morgan fingerprint density at radius 3 is 1.94 bits per heavy atom. The summed E-state index contributed by atoms with van der Waals surface area (Å²) in [5.74, 6) is 0.386.